The van der Waals surface area contributed by atoms with Gasteiger partial charge in [-0.15, -0.1) is 11.3 Å². The number of hydrogen-bond donors (Lipinski definition) is 0. The Labute approximate surface area is 229 Å². The van der Waals surface area contributed by atoms with Gasteiger partial charge in [0.1, 0.15) is 10.8 Å². The summed E-state index contributed by atoms with van der Waals surface area (Å²) >= 11 is 1.40. The summed E-state index contributed by atoms with van der Waals surface area (Å²) < 4.78 is 5.47. The Balaban J connectivity index is 0.000000340. The fraction of sp³-hybridized carbons (Fsp3) is 0.548. The lowest BCUT2D eigenvalue weighted by Gasteiger charge is -2.21. The number of likely N-dealkylation sites (tertiary alicyclic amines) is 1. The number of fused-ring (bicyclic) bond motifs is 1. The Morgan fingerprint density at radius 3 is 2.14 bits per heavy atom. The van der Waals surface area contributed by atoms with Gasteiger partial charge < -0.3 is 14.5 Å². The van der Waals surface area contributed by atoms with E-state index in [0.717, 1.165) is 45.0 Å². The third kappa shape index (κ3) is 11.3. The molecule has 0 unspecified atom stereocenters. The second kappa shape index (κ2) is 18.1. The predicted octanol–water partition coefficient (Wildman–Crippen LogP) is 7.82. The van der Waals surface area contributed by atoms with Crippen LogP contribution in [0.3, 0.4) is 0 Å². The van der Waals surface area contributed by atoms with Crippen molar-refractivity contribution in [3.63, 3.8) is 0 Å². The number of hydrogen-bond acceptors (Lipinski definition) is 6. The number of nitrogens with zero attached hydrogens (tertiary/aromatic N) is 3. The number of aromatic nitrogens is 1. The van der Waals surface area contributed by atoms with E-state index in [1.165, 1.54) is 56.7 Å². The number of methoxy groups -OCH3 is 1. The molecular weight excluding hydrogens is 478 g/mol. The fourth-order valence-corrected chi connectivity index (χ4v) is 5.05. The number of aldehydes is 1. The molecule has 0 N–H and O–H groups in total. The first-order valence-corrected chi connectivity index (χ1v) is 14.4. The zero-order chi connectivity index (χ0) is 27.8. The number of aryl methyl sites for hydroxylation is 1. The Kier molecular flexibility index (Phi) is 16.0. The Morgan fingerprint density at radius 2 is 1.62 bits per heavy atom. The molecule has 3 aromatic rings. The van der Waals surface area contributed by atoms with E-state index < -0.39 is 0 Å². The van der Waals surface area contributed by atoms with E-state index in [1.54, 1.807) is 7.11 Å². The molecule has 37 heavy (non-hydrogen) atoms. The van der Waals surface area contributed by atoms with Crippen molar-refractivity contribution in [3.8, 4) is 16.3 Å². The summed E-state index contributed by atoms with van der Waals surface area (Å²) in [7, 11) is 7.65. The number of carbonyl (C=O) groups is 1. The summed E-state index contributed by atoms with van der Waals surface area (Å²) in [5.41, 5.74) is 1.71. The molecule has 2 aromatic carbocycles. The van der Waals surface area contributed by atoms with Gasteiger partial charge in [-0.25, -0.2) is 4.98 Å². The number of thiazole rings is 1. The fourth-order valence-electron chi connectivity index (χ4n) is 4.10. The molecule has 1 aromatic heterocycles. The summed E-state index contributed by atoms with van der Waals surface area (Å²) in [5.74, 6) is 1.61. The standard InChI is InChI=1S/C16H13NO2S.C10H21N.C3H9N.C2H6/c1-10-14(9-18)20-16(17-10)15-12-6-4-3-5-11(12)7-8-13(15)19-2;1-10(2)9-11-7-5-3-4-6-8-11;1-4(2)3;1-2/h3-9H,1-2H3;10H,3-9H2,1-2H3;1-3H3;1-2H3. The maximum absolute atomic E-state index is 11.0. The molecule has 1 saturated heterocycles. The van der Waals surface area contributed by atoms with Gasteiger partial charge in [-0.05, 0) is 76.8 Å². The lowest BCUT2D eigenvalue weighted by Crippen LogP contribution is -2.28. The lowest BCUT2D eigenvalue weighted by atomic mass is 10.0. The highest BCUT2D eigenvalue weighted by molar-refractivity contribution is 7.16. The molecule has 0 radical (unpaired) electrons. The highest BCUT2D eigenvalue weighted by atomic mass is 32.1. The molecule has 0 bridgehead atoms. The molecular formula is C31H49N3O2S. The van der Waals surface area contributed by atoms with Gasteiger partial charge in [0.15, 0.2) is 6.29 Å². The van der Waals surface area contributed by atoms with E-state index in [2.05, 4.69) is 29.8 Å². The lowest BCUT2D eigenvalue weighted by molar-refractivity contribution is 0.112. The van der Waals surface area contributed by atoms with E-state index in [9.17, 15) is 4.79 Å². The number of rotatable bonds is 5. The number of benzene rings is 2. The molecule has 6 heteroatoms. The maximum atomic E-state index is 11.0. The molecule has 1 aliphatic rings. The Hall–Kier alpha value is -2.28. The van der Waals surface area contributed by atoms with Crippen LogP contribution in [0.1, 0.15) is 68.7 Å². The van der Waals surface area contributed by atoms with Crippen molar-refractivity contribution in [1.82, 2.24) is 14.8 Å². The van der Waals surface area contributed by atoms with Gasteiger partial charge in [-0.1, -0.05) is 70.9 Å². The molecule has 0 amide bonds. The van der Waals surface area contributed by atoms with Gasteiger partial charge in [-0.3, -0.25) is 4.79 Å². The second-order valence-electron chi connectivity index (χ2n) is 9.90. The number of carbonyl (C=O) groups excluding carboxylic acids is 1. The van der Waals surface area contributed by atoms with Crippen LogP contribution in [-0.4, -0.2) is 69.0 Å². The van der Waals surface area contributed by atoms with Gasteiger partial charge in [0.25, 0.3) is 0 Å². The molecule has 0 aliphatic carbocycles. The first-order chi connectivity index (χ1) is 17.8. The first kappa shape index (κ1) is 32.7. The van der Waals surface area contributed by atoms with Crippen molar-refractivity contribution >= 4 is 28.4 Å². The third-order valence-corrected chi connectivity index (χ3v) is 6.69. The largest absolute Gasteiger partial charge is 0.496 e. The van der Waals surface area contributed by atoms with E-state index in [4.69, 9.17) is 4.74 Å². The molecule has 1 aliphatic heterocycles. The SMILES string of the molecule is CC.CC(C)CN1CCCCCC1.CN(C)C.COc1ccc2ccccc2c1-c1nc(C)c(C=O)s1. The predicted molar refractivity (Wildman–Crippen MR) is 162 cm³/mol. The second-order valence-corrected chi connectivity index (χ2v) is 10.9. The Morgan fingerprint density at radius 1 is 1.03 bits per heavy atom. The highest BCUT2D eigenvalue weighted by Crippen LogP contribution is 2.39. The van der Waals surface area contributed by atoms with Crippen LogP contribution < -0.4 is 4.74 Å². The van der Waals surface area contributed by atoms with E-state index >= 15 is 0 Å². The van der Waals surface area contributed by atoms with Crippen molar-refractivity contribution in [2.45, 2.75) is 60.3 Å². The maximum Gasteiger partial charge on any atom is 0.161 e. The van der Waals surface area contributed by atoms with Crippen molar-refractivity contribution in [1.29, 1.82) is 0 Å². The molecule has 5 nitrogen and oxygen atoms in total. The molecule has 0 saturated carbocycles. The van der Waals surface area contributed by atoms with Gasteiger partial charge in [-0.2, -0.15) is 0 Å². The van der Waals surface area contributed by atoms with Crippen molar-refractivity contribution in [2.75, 3.05) is 47.9 Å². The zero-order valence-corrected chi connectivity index (χ0v) is 25.5. The summed E-state index contributed by atoms with van der Waals surface area (Å²) in [6.45, 7) is 14.5. The summed E-state index contributed by atoms with van der Waals surface area (Å²) in [4.78, 5) is 20.8. The van der Waals surface area contributed by atoms with E-state index in [0.29, 0.717) is 4.88 Å². The summed E-state index contributed by atoms with van der Waals surface area (Å²) in [5, 5.41) is 3.03. The minimum absolute atomic E-state index is 0.662. The third-order valence-electron chi connectivity index (χ3n) is 5.59. The van der Waals surface area contributed by atoms with E-state index in [-0.39, 0.29) is 0 Å². The van der Waals surface area contributed by atoms with Crippen LogP contribution in [0.15, 0.2) is 36.4 Å². The van der Waals surface area contributed by atoms with Crippen LogP contribution in [0.4, 0.5) is 0 Å². The molecule has 0 spiro atoms. The average Bonchev–Trinajstić information content (AvgIpc) is 3.06. The normalized spacial score (nSPS) is 13.5. The monoisotopic (exact) mass is 527 g/mol. The minimum atomic E-state index is 0.662. The van der Waals surface area contributed by atoms with Gasteiger partial charge in [0.2, 0.25) is 0 Å². The van der Waals surface area contributed by atoms with E-state index in [1.807, 2.05) is 77.1 Å². The average molecular weight is 528 g/mol. The van der Waals surface area contributed by atoms with Crippen LogP contribution >= 0.6 is 11.3 Å². The van der Waals surface area contributed by atoms with Crippen LogP contribution in [0.25, 0.3) is 21.3 Å². The van der Waals surface area contributed by atoms with Crippen LogP contribution in [0, 0.1) is 12.8 Å². The summed E-state index contributed by atoms with van der Waals surface area (Å²) in [6.07, 6.45) is 6.61. The van der Waals surface area contributed by atoms with Crippen LogP contribution in [-0.2, 0) is 0 Å². The van der Waals surface area contributed by atoms with Gasteiger partial charge in [0, 0.05) is 6.54 Å². The van der Waals surface area contributed by atoms with Gasteiger partial charge >= 0.3 is 0 Å². The van der Waals surface area contributed by atoms with Crippen molar-refractivity contribution in [2.24, 2.45) is 5.92 Å². The summed E-state index contributed by atoms with van der Waals surface area (Å²) in [6, 6.07) is 12.1. The minimum Gasteiger partial charge on any atom is -0.496 e. The number of ether oxygens (including phenoxy) is 1. The van der Waals surface area contributed by atoms with Crippen LogP contribution in [0.2, 0.25) is 0 Å². The Bertz CT molecular complexity index is 1040. The molecule has 1 fully saturated rings. The smallest absolute Gasteiger partial charge is 0.161 e. The highest BCUT2D eigenvalue weighted by Gasteiger charge is 2.16. The van der Waals surface area contributed by atoms with Crippen LogP contribution in [0.5, 0.6) is 5.75 Å². The first-order valence-electron chi connectivity index (χ1n) is 13.6. The quantitative estimate of drug-likeness (QED) is 0.317. The molecule has 4 rings (SSSR count). The molecule has 206 valence electrons. The topological polar surface area (TPSA) is 45.7 Å². The molecule has 0 atom stereocenters. The molecule has 2 heterocycles. The van der Waals surface area contributed by atoms with Gasteiger partial charge in [0.05, 0.1) is 23.2 Å². The van der Waals surface area contributed by atoms with Crippen molar-refractivity contribution in [3.05, 3.63) is 47.0 Å². The van der Waals surface area contributed by atoms with Crippen molar-refractivity contribution < 1.29 is 9.53 Å². The zero-order valence-electron chi connectivity index (χ0n) is 24.6.